The second kappa shape index (κ2) is 4.44. The van der Waals surface area contributed by atoms with Crippen LogP contribution in [-0.2, 0) is 6.54 Å². The van der Waals surface area contributed by atoms with Gasteiger partial charge in [-0.3, -0.25) is 5.32 Å². The summed E-state index contributed by atoms with van der Waals surface area (Å²) in [5, 5.41) is 10.8. The van der Waals surface area contributed by atoms with E-state index in [1.165, 1.54) is 0 Å². The predicted molar refractivity (Wildman–Crippen MR) is 55.5 cm³/mol. The van der Waals surface area contributed by atoms with Gasteiger partial charge in [-0.25, -0.2) is 4.98 Å². The minimum absolute atomic E-state index is 0.0147. The lowest BCUT2D eigenvalue weighted by molar-refractivity contribution is 0.378. The van der Waals surface area contributed by atoms with Crippen molar-refractivity contribution in [3.8, 4) is 0 Å². The number of aromatic nitrogens is 3. The van der Waals surface area contributed by atoms with E-state index in [4.69, 9.17) is 8.83 Å². The molecule has 2 heterocycles. The molecule has 0 saturated carbocycles. The molecule has 1 N–H and O–H groups in total. The van der Waals surface area contributed by atoms with Crippen LogP contribution in [0.15, 0.2) is 15.0 Å². The van der Waals surface area contributed by atoms with Gasteiger partial charge in [-0.05, 0) is 13.8 Å². The van der Waals surface area contributed by atoms with Crippen molar-refractivity contribution in [3.05, 3.63) is 29.6 Å². The third kappa shape index (κ3) is 2.46. The van der Waals surface area contributed by atoms with Crippen molar-refractivity contribution in [1.82, 2.24) is 20.5 Å². The highest BCUT2D eigenvalue weighted by atomic mass is 16.4. The standard InChI is InChI=1S/C10H14N4O2/c1-6-4-12-10(15-6)7(2)11-5-9-14-13-8(3)16-9/h4,7,11H,5H2,1-3H3. The monoisotopic (exact) mass is 222 g/mol. The fourth-order valence-corrected chi connectivity index (χ4v) is 1.31. The molecule has 0 fully saturated rings. The average Bonchev–Trinajstić information content (AvgIpc) is 2.84. The molecule has 0 radical (unpaired) electrons. The maximum absolute atomic E-state index is 5.40. The first-order chi connectivity index (χ1) is 7.65. The molecule has 1 atom stereocenters. The number of oxazole rings is 1. The van der Waals surface area contributed by atoms with Crippen LogP contribution in [0, 0.1) is 13.8 Å². The first-order valence-corrected chi connectivity index (χ1v) is 5.10. The minimum Gasteiger partial charge on any atom is -0.444 e. The normalized spacial score (nSPS) is 12.9. The van der Waals surface area contributed by atoms with Crippen LogP contribution in [0.25, 0.3) is 0 Å². The highest BCUT2D eigenvalue weighted by Crippen LogP contribution is 2.12. The molecular weight excluding hydrogens is 208 g/mol. The Morgan fingerprint density at radius 3 is 2.69 bits per heavy atom. The largest absolute Gasteiger partial charge is 0.444 e. The Balaban J connectivity index is 1.91. The van der Waals surface area contributed by atoms with Gasteiger partial charge in [0.1, 0.15) is 5.76 Å². The van der Waals surface area contributed by atoms with Crippen molar-refractivity contribution in [1.29, 1.82) is 0 Å². The highest BCUT2D eigenvalue weighted by Gasteiger charge is 2.12. The Labute approximate surface area is 93.1 Å². The summed E-state index contributed by atoms with van der Waals surface area (Å²) in [4.78, 5) is 4.14. The molecule has 2 aromatic rings. The first-order valence-electron chi connectivity index (χ1n) is 5.10. The molecule has 0 saturated heterocycles. The Bertz CT molecular complexity index is 463. The van der Waals surface area contributed by atoms with Gasteiger partial charge in [0.25, 0.3) is 0 Å². The molecule has 0 aliphatic rings. The first kappa shape index (κ1) is 10.8. The zero-order valence-corrected chi connectivity index (χ0v) is 9.52. The van der Waals surface area contributed by atoms with Crippen molar-refractivity contribution in [2.24, 2.45) is 0 Å². The number of hydrogen-bond acceptors (Lipinski definition) is 6. The molecule has 0 aliphatic carbocycles. The summed E-state index contributed by atoms with van der Waals surface area (Å²) in [5.41, 5.74) is 0. The van der Waals surface area contributed by atoms with Gasteiger partial charge in [-0.15, -0.1) is 10.2 Å². The lowest BCUT2D eigenvalue weighted by Crippen LogP contribution is -2.18. The summed E-state index contributed by atoms with van der Waals surface area (Å²) >= 11 is 0. The quantitative estimate of drug-likeness (QED) is 0.845. The van der Waals surface area contributed by atoms with Crippen LogP contribution >= 0.6 is 0 Å². The van der Waals surface area contributed by atoms with Crippen LogP contribution in [-0.4, -0.2) is 15.2 Å². The van der Waals surface area contributed by atoms with Crippen LogP contribution in [0.3, 0.4) is 0 Å². The Hall–Kier alpha value is -1.69. The molecule has 2 aromatic heterocycles. The number of hydrogen-bond donors (Lipinski definition) is 1. The van der Waals surface area contributed by atoms with Crippen molar-refractivity contribution in [2.75, 3.05) is 0 Å². The van der Waals surface area contributed by atoms with Gasteiger partial charge in [-0.2, -0.15) is 0 Å². The third-order valence-electron chi connectivity index (χ3n) is 2.14. The molecule has 2 rings (SSSR count). The third-order valence-corrected chi connectivity index (χ3v) is 2.14. The van der Waals surface area contributed by atoms with E-state index in [0.717, 1.165) is 5.76 Å². The highest BCUT2D eigenvalue weighted by molar-refractivity contribution is 4.95. The number of nitrogens with zero attached hydrogens (tertiary/aromatic N) is 3. The SMILES string of the molecule is Cc1cnc(C(C)NCc2nnc(C)o2)o1. The molecule has 0 spiro atoms. The molecule has 0 amide bonds. The van der Waals surface area contributed by atoms with E-state index in [2.05, 4.69) is 20.5 Å². The fraction of sp³-hybridized carbons (Fsp3) is 0.500. The zero-order valence-electron chi connectivity index (χ0n) is 9.52. The van der Waals surface area contributed by atoms with Crippen LogP contribution in [0.4, 0.5) is 0 Å². The average molecular weight is 222 g/mol. The second-order valence-corrected chi connectivity index (χ2v) is 3.63. The van der Waals surface area contributed by atoms with Crippen LogP contribution < -0.4 is 5.32 Å². The van der Waals surface area contributed by atoms with E-state index in [9.17, 15) is 0 Å². The van der Waals surface area contributed by atoms with Gasteiger partial charge in [0.05, 0.1) is 18.8 Å². The summed E-state index contributed by atoms with van der Waals surface area (Å²) < 4.78 is 10.6. The molecule has 6 nitrogen and oxygen atoms in total. The molecular formula is C10H14N4O2. The van der Waals surface area contributed by atoms with Gasteiger partial charge in [0, 0.05) is 6.92 Å². The molecule has 6 heteroatoms. The lowest BCUT2D eigenvalue weighted by Gasteiger charge is -2.07. The summed E-state index contributed by atoms with van der Waals surface area (Å²) in [6.45, 7) is 6.10. The van der Waals surface area contributed by atoms with Gasteiger partial charge in [0.2, 0.25) is 17.7 Å². The van der Waals surface area contributed by atoms with E-state index >= 15 is 0 Å². The van der Waals surface area contributed by atoms with Gasteiger partial charge < -0.3 is 8.83 Å². The second-order valence-electron chi connectivity index (χ2n) is 3.63. The maximum Gasteiger partial charge on any atom is 0.230 e. The minimum atomic E-state index is 0.0147. The molecule has 0 aromatic carbocycles. The Morgan fingerprint density at radius 1 is 1.31 bits per heavy atom. The molecule has 16 heavy (non-hydrogen) atoms. The predicted octanol–water partition coefficient (Wildman–Crippen LogP) is 1.53. The zero-order chi connectivity index (χ0) is 11.5. The fourth-order valence-electron chi connectivity index (χ4n) is 1.31. The van der Waals surface area contributed by atoms with Crippen molar-refractivity contribution < 1.29 is 8.83 Å². The number of rotatable bonds is 4. The molecule has 1 unspecified atom stereocenters. The van der Waals surface area contributed by atoms with Gasteiger partial charge >= 0.3 is 0 Å². The molecule has 86 valence electrons. The van der Waals surface area contributed by atoms with Crippen LogP contribution in [0.2, 0.25) is 0 Å². The number of nitrogens with one attached hydrogen (secondary N) is 1. The van der Waals surface area contributed by atoms with E-state index in [1.54, 1.807) is 13.1 Å². The van der Waals surface area contributed by atoms with E-state index < -0.39 is 0 Å². The summed E-state index contributed by atoms with van der Waals surface area (Å²) in [6.07, 6.45) is 1.70. The molecule has 0 aliphatic heterocycles. The van der Waals surface area contributed by atoms with Gasteiger partial charge in [0.15, 0.2) is 0 Å². The van der Waals surface area contributed by atoms with E-state index in [1.807, 2.05) is 13.8 Å². The lowest BCUT2D eigenvalue weighted by atomic mass is 10.3. The topological polar surface area (TPSA) is 77.0 Å². The number of aryl methyl sites for hydroxylation is 2. The Kier molecular flexibility index (Phi) is 3.00. The van der Waals surface area contributed by atoms with Gasteiger partial charge in [-0.1, -0.05) is 0 Å². The van der Waals surface area contributed by atoms with Crippen molar-refractivity contribution in [2.45, 2.75) is 33.4 Å². The van der Waals surface area contributed by atoms with Crippen LogP contribution in [0.1, 0.15) is 36.4 Å². The summed E-state index contributed by atoms with van der Waals surface area (Å²) in [5.74, 6) is 2.59. The maximum atomic E-state index is 5.40. The van der Waals surface area contributed by atoms with Crippen molar-refractivity contribution in [3.63, 3.8) is 0 Å². The van der Waals surface area contributed by atoms with E-state index in [-0.39, 0.29) is 6.04 Å². The summed E-state index contributed by atoms with van der Waals surface area (Å²) in [7, 11) is 0. The van der Waals surface area contributed by atoms with Crippen molar-refractivity contribution >= 4 is 0 Å². The van der Waals surface area contributed by atoms with Crippen LogP contribution in [0.5, 0.6) is 0 Å². The smallest absolute Gasteiger partial charge is 0.230 e. The van der Waals surface area contributed by atoms with E-state index in [0.29, 0.717) is 24.2 Å². The molecule has 0 bridgehead atoms. The summed E-state index contributed by atoms with van der Waals surface area (Å²) in [6, 6.07) is 0.0147. The Morgan fingerprint density at radius 2 is 2.12 bits per heavy atom.